The summed E-state index contributed by atoms with van der Waals surface area (Å²) in [5.41, 5.74) is 0.414. The Bertz CT molecular complexity index is 643. The molecule has 0 radical (unpaired) electrons. The van der Waals surface area contributed by atoms with E-state index in [-0.39, 0.29) is 11.9 Å². The number of halogens is 2. The first-order valence-corrected chi connectivity index (χ1v) is 9.50. The zero-order chi connectivity index (χ0) is 15.6. The van der Waals surface area contributed by atoms with E-state index in [9.17, 15) is 13.2 Å². The lowest BCUT2D eigenvalue weighted by molar-refractivity contribution is 0.0924. The Balaban J connectivity index is 1.97. The van der Waals surface area contributed by atoms with Crippen LogP contribution in [-0.4, -0.2) is 44.0 Å². The SMILES string of the molecule is CS(=O)(=O)N1CCC(NC(=O)c2cc(Br)ccc2Cl)CC1. The van der Waals surface area contributed by atoms with Gasteiger partial charge in [0.25, 0.3) is 5.91 Å². The topological polar surface area (TPSA) is 66.5 Å². The van der Waals surface area contributed by atoms with Crippen molar-refractivity contribution < 1.29 is 13.2 Å². The van der Waals surface area contributed by atoms with Crippen LogP contribution in [0.5, 0.6) is 0 Å². The van der Waals surface area contributed by atoms with E-state index >= 15 is 0 Å². The Kier molecular flexibility index (Phi) is 5.29. The summed E-state index contributed by atoms with van der Waals surface area (Å²) in [7, 11) is -3.15. The van der Waals surface area contributed by atoms with Gasteiger partial charge in [0.1, 0.15) is 0 Å². The summed E-state index contributed by atoms with van der Waals surface area (Å²) in [4.78, 5) is 12.2. The van der Waals surface area contributed by atoms with Crippen molar-refractivity contribution in [3.63, 3.8) is 0 Å². The van der Waals surface area contributed by atoms with Crippen LogP contribution < -0.4 is 5.32 Å². The van der Waals surface area contributed by atoms with Crippen LogP contribution in [0.25, 0.3) is 0 Å². The molecule has 0 atom stereocenters. The highest BCUT2D eigenvalue weighted by atomic mass is 79.9. The third kappa shape index (κ3) is 4.42. The predicted octanol–water partition coefficient (Wildman–Crippen LogP) is 2.26. The van der Waals surface area contributed by atoms with Crippen LogP contribution in [0.2, 0.25) is 5.02 Å². The van der Waals surface area contributed by atoms with Crippen LogP contribution in [0.4, 0.5) is 0 Å². The second-order valence-corrected chi connectivity index (χ2v) is 8.34. The lowest BCUT2D eigenvalue weighted by Crippen LogP contribution is -2.46. The maximum Gasteiger partial charge on any atom is 0.253 e. The minimum atomic E-state index is -3.15. The molecule has 1 aromatic carbocycles. The molecule has 1 amide bonds. The quantitative estimate of drug-likeness (QED) is 0.853. The van der Waals surface area contributed by atoms with Crippen molar-refractivity contribution in [2.45, 2.75) is 18.9 Å². The van der Waals surface area contributed by atoms with Gasteiger partial charge in [0.05, 0.1) is 16.8 Å². The van der Waals surface area contributed by atoms with Gasteiger partial charge in [-0.05, 0) is 31.0 Å². The van der Waals surface area contributed by atoms with Crippen LogP contribution in [-0.2, 0) is 10.0 Å². The number of sulfonamides is 1. The van der Waals surface area contributed by atoms with Gasteiger partial charge in [-0.2, -0.15) is 0 Å². The molecule has 116 valence electrons. The first-order valence-electron chi connectivity index (χ1n) is 6.48. The molecule has 5 nitrogen and oxygen atoms in total. The normalized spacial score (nSPS) is 17.7. The Hall–Kier alpha value is -0.630. The van der Waals surface area contributed by atoms with Crippen molar-refractivity contribution >= 4 is 43.5 Å². The summed E-state index contributed by atoms with van der Waals surface area (Å²) in [6, 6.07) is 5.06. The van der Waals surface area contributed by atoms with E-state index in [0.717, 1.165) is 4.47 Å². The highest BCUT2D eigenvalue weighted by Gasteiger charge is 2.26. The standard InChI is InChI=1S/C13H16BrClN2O3S/c1-21(19,20)17-6-4-10(5-7-17)16-13(18)11-8-9(14)2-3-12(11)15/h2-3,8,10H,4-7H2,1H3,(H,16,18). The van der Waals surface area contributed by atoms with Crippen molar-refractivity contribution in [2.24, 2.45) is 0 Å². The maximum atomic E-state index is 12.2. The number of nitrogens with one attached hydrogen (secondary N) is 1. The summed E-state index contributed by atoms with van der Waals surface area (Å²) < 4.78 is 25.1. The molecule has 21 heavy (non-hydrogen) atoms. The zero-order valence-electron chi connectivity index (χ0n) is 11.5. The van der Waals surface area contributed by atoms with Gasteiger partial charge in [-0.3, -0.25) is 4.79 Å². The van der Waals surface area contributed by atoms with Crippen LogP contribution in [0.1, 0.15) is 23.2 Å². The molecule has 2 rings (SSSR count). The highest BCUT2D eigenvalue weighted by molar-refractivity contribution is 9.10. The number of hydrogen-bond donors (Lipinski definition) is 1. The summed E-state index contributed by atoms with van der Waals surface area (Å²) in [5.74, 6) is -0.237. The molecule has 1 fully saturated rings. The molecule has 0 bridgehead atoms. The molecule has 1 aliphatic rings. The molecular weight excluding hydrogens is 380 g/mol. The average molecular weight is 396 g/mol. The van der Waals surface area contributed by atoms with Crippen molar-refractivity contribution in [3.05, 3.63) is 33.3 Å². The zero-order valence-corrected chi connectivity index (χ0v) is 14.6. The number of carbonyl (C=O) groups is 1. The number of rotatable bonds is 3. The molecule has 0 unspecified atom stereocenters. The fourth-order valence-corrected chi connectivity index (χ4v) is 3.70. The summed E-state index contributed by atoms with van der Waals surface area (Å²) in [6.07, 6.45) is 2.40. The van der Waals surface area contributed by atoms with Crippen molar-refractivity contribution in [2.75, 3.05) is 19.3 Å². The molecule has 0 aliphatic carbocycles. The lowest BCUT2D eigenvalue weighted by Gasteiger charge is -2.30. The minimum absolute atomic E-state index is 0.0365. The third-order valence-corrected chi connectivity index (χ3v) is 5.56. The number of hydrogen-bond acceptors (Lipinski definition) is 3. The Morgan fingerprint density at radius 1 is 1.38 bits per heavy atom. The number of piperidine rings is 1. The fraction of sp³-hybridized carbons (Fsp3) is 0.462. The number of carbonyl (C=O) groups excluding carboxylic acids is 1. The number of nitrogens with zero attached hydrogens (tertiary/aromatic N) is 1. The molecule has 1 heterocycles. The lowest BCUT2D eigenvalue weighted by atomic mass is 10.1. The predicted molar refractivity (Wildman–Crippen MR) is 86.1 cm³/mol. The Morgan fingerprint density at radius 2 is 2.00 bits per heavy atom. The van der Waals surface area contributed by atoms with Crippen molar-refractivity contribution in [1.82, 2.24) is 9.62 Å². The third-order valence-electron chi connectivity index (χ3n) is 3.43. The van der Waals surface area contributed by atoms with E-state index in [4.69, 9.17) is 11.6 Å². The smallest absolute Gasteiger partial charge is 0.253 e. The van der Waals surface area contributed by atoms with Crippen LogP contribution in [0.3, 0.4) is 0 Å². The monoisotopic (exact) mass is 394 g/mol. The van der Waals surface area contributed by atoms with Gasteiger partial charge >= 0.3 is 0 Å². The Labute approximate surface area is 137 Å². The molecule has 0 spiro atoms. The first-order chi connectivity index (χ1) is 9.77. The maximum absolute atomic E-state index is 12.2. The van der Waals surface area contributed by atoms with Crippen molar-refractivity contribution in [3.8, 4) is 0 Å². The highest BCUT2D eigenvalue weighted by Crippen LogP contribution is 2.22. The number of amides is 1. The van der Waals surface area contributed by atoms with E-state index < -0.39 is 10.0 Å². The van der Waals surface area contributed by atoms with Gasteiger partial charge in [-0.25, -0.2) is 12.7 Å². The molecule has 1 N–H and O–H groups in total. The van der Waals surface area contributed by atoms with E-state index in [0.29, 0.717) is 36.5 Å². The van der Waals surface area contributed by atoms with Gasteiger partial charge in [-0.15, -0.1) is 0 Å². The van der Waals surface area contributed by atoms with Gasteiger partial charge in [-0.1, -0.05) is 27.5 Å². The number of benzene rings is 1. The summed E-state index contributed by atoms with van der Waals surface area (Å²) >= 11 is 9.33. The van der Waals surface area contributed by atoms with E-state index in [2.05, 4.69) is 21.2 Å². The molecule has 1 saturated heterocycles. The van der Waals surface area contributed by atoms with E-state index in [1.807, 2.05) is 0 Å². The largest absolute Gasteiger partial charge is 0.349 e. The van der Waals surface area contributed by atoms with Gasteiger partial charge < -0.3 is 5.32 Å². The Morgan fingerprint density at radius 3 is 2.57 bits per heavy atom. The molecule has 0 saturated carbocycles. The van der Waals surface area contributed by atoms with Crippen LogP contribution in [0, 0.1) is 0 Å². The van der Waals surface area contributed by atoms with Crippen LogP contribution in [0.15, 0.2) is 22.7 Å². The summed E-state index contributed by atoms with van der Waals surface area (Å²) in [6.45, 7) is 0.853. The molecule has 1 aromatic rings. The van der Waals surface area contributed by atoms with Gasteiger partial charge in [0.15, 0.2) is 0 Å². The summed E-state index contributed by atoms with van der Waals surface area (Å²) in [5, 5.41) is 3.30. The van der Waals surface area contributed by atoms with E-state index in [1.165, 1.54) is 10.6 Å². The molecule has 0 aromatic heterocycles. The average Bonchev–Trinajstić information content (AvgIpc) is 2.41. The van der Waals surface area contributed by atoms with Crippen molar-refractivity contribution in [1.29, 1.82) is 0 Å². The van der Waals surface area contributed by atoms with Gasteiger partial charge in [0.2, 0.25) is 10.0 Å². The molecule has 8 heteroatoms. The molecular formula is C13H16BrClN2O3S. The van der Waals surface area contributed by atoms with E-state index in [1.54, 1.807) is 18.2 Å². The fourth-order valence-electron chi connectivity index (χ4n) is 2.27. The first kappa shape index (κ1) is 16.7. The minimum Gasteiger partial charge on any atom is -0.349 e. The van der Waals surface area contributed by atoms with Crippen LogP contribution >= 0.6 is 27.5 Å². The second-order valence-electron chi connectivity index (χ2n) is 5.03. The second kappa shape index (κ2) is 6.64. The van der Waals surface area contributed by atoms with Gasteiger partial charge in [0, 0.05) is 23.6 Å². The molecule has 1 aliphatic heterocycles.